The van der Waals surface area contributed by atoms with Crippen LogP contribution in [0.25, 0.3) is 0 Å². The van der Waals surface area contributed by atoms with Crippen molar-refractivity contribution in [2.45, 2.75) is 44.9 Å². The van der Waals surface area contributed by atoms with E-state index in [1.54, 1.807) is 0 Å². The number of rotatable bonds is 3. The Morgan fingerprint density at radius 3 is 2.39 bits per heavy atom. The Kier molecular flexibility index (Phi) is 3.89. The second-order valence-corrected chi connectivity index (χ2v) is 5.18. The highest BCUT2D eigenvalue weighted by Crippen LogP contribution is 2.26. The van der Waals surface area contributed by atoms with E-state index in [0.29, 0.717) is 12.8 Å². The third kappa shape index (κ3) is 3.03. The van der Waals surface area contributed by atoms with Gasteiger partial charge in [-0.25, -0.2) is 0 Å². The van der Waals surface area contributed by atoms with Crippen LogP contribution in [0.5, 0.6) is 0 Å². The number of carbonyl (C=O) groups is 4. The van der Waals surface area contributed by atoms with Crippen molar-refractivity contribution in [2.75, 3.05) is 0 Å². The van der Waals surface area contributed by atoms with Crippen LogP contribution in [0.3, 0.4) is 0 Å². The van der Waals surface area contributed by atoms with E-state index in [2.05, 4.69) is 5.32 Å². The number of carbonyl (C=O) groups excluding carboxylic acids is 4. The fraction of sp³-hybridized carbons (Fsp3) is 0.692. The summed E-state index contributed by atoms with van der Waals surface area (Å²) in [6, 6.07) is 0. The van der Waals surface area contributed by atoms with E-state index in [1.807, 2.05) is 0 Å². The summed E-state index contributed by atoms with van der Waals surface area (Å²) in [6.07, 6.45) is 3.48. The molecule has 2 fully saturated rings. The Hall–Kier alpha value is -1.52. The quantitative estimate of drug-likeness (QED) is 0.593. The molecule has 1 unspecified atom stereocenters. The lowest BCUT2D eigenvalue weighted by atomic mass is 9.80. The molecule has 1 atom stereocenters. The van der Waals surface area contributed by atoms with Gasteiger partial charge in [-0.3, -0.25) is 24.5 Å². The van der Waals surface area contributed by atoms with Gasteiger partial charge in [0.2, 0.25) is 11.8 Å². The first-order valence-electron chi connectivity index (χ1n) is 6.44. The number of hydrogen-bond acceptors (Lipinski definition) is 4. The molecule has 2 rings (SSSR count). The van der Waals surface area contributed by atoms with Crippen LogP contribution in [0.4, 0.5) is 0 Å². The Morgan fingerprint density at radius 2 is 1.78 bits per heavy atom. The van der Waals surface area contributed by atoms with E-state index < -0.39 is 5.92 Å². The van der Waals surface area contributed by atoms with E-state index in [1.165, 1.54) is 0 Å². The highest BCUT2D eigenvalue weighted by Gasteiger charge is 2.33. The van der Waals surface area contributed by atoms with Gasteiger partial charge in [0.25, 0.3) is 0 Å². The summed E-state index contributed by atoms with van der Waals surface area (Å²) in [6.45, 7) is 0. The molecule has 1 heterocycles. The molecule has 0 spiro atoms. The van der Waals surface area contributed by atoms with Crippen molar-refractivity contribution in [1.29, 1.82) is 0 Å². The van der Waals surface area contributed by atoms with Crippen LogP contribution in [0, 0.1) is 11.8 Å². The summed E-state index contributed by atoms with van der Waals surface area (Å²) in [5.74, 6) is -1.42. The molecule has 0 bridgehead atoms. The number of imide groups is 1. The predicted octanol–water partition coefficient (Wildman–Crippen LogP) is 0.758. The SMILES string of the molecule is O=C1CC(CC(=O)C2CCCCC2=O)CC(=O)N1. The Balaban J connectivity index is 1.92. The van der Waals surface area contributed by atoms with Gasteiger partial charge in [-0.1, -0.05) is 6.42 Å². The summed E-state index contributed by atoms with van der Waals surface area (Å²) in [5.41, 5.74) is 0. The van der Waals surface area contributed by atoms with Crippen molar-refractivity contribution in [3.8, 4) is 0 Å². The number of Topliss-reactive ketones (excluding diaryl/α,β-unsaturated/α-hetero) is 2. The largest absolute Gasteiger partial charge is 0.299 e. The van der Waals surface area contributed by atoms with E-state index in [0.717, 1.165) is 12.8 Å². The number of amides is 2. The molecule has 1 saturated heterocycles. The molecule has 1 saturated carbocycles. The third-order valence-electron chi connectivity index (χ3n) is 3.66. The summed E-state index contributed by atoms with van der Waals surface area (Å²) in [4.78, 5) is 46.1. The minimum absolute atomic E-state index is 0.0258. The van der Waals surface area contributed by atoms with Gasteiger partial charge in [0.1, 0.15) is 11.6 Å². The van der Waals surface area contributed by atoms with E-state index >= 15 is 0 Å². The highest BCUT2D eigenvalue weighted by atomic mass is 16.2. The molecule has 0 radical (unpaired) electrons. The topological polar surface area (TPSA) is 80.3 Å². The molecule has 2 amide bonds. The predicted molar refractivity (Wildman–Crippen MR) is 62.5 cm³/mol. The van der Waals surface area contributed by atoms with Crippen LogP contribution in [0.2, 0.25) is 0 Å². The van der Waals surface area contributed by atoms with Crippen LogP contribution in [0.1, 0.15) is 44.9 Å². The van der Waals surface area contributed by atoms with Crippen molar-refractivity contribution in [3.63, 3.8) is 0 Å². The lowest BCUT2D eigenvalue weighted by molar-refractivity contribution is -0.136. The fourth-order valence-corrected chi connectivity index (χ4v) is 2.75. The first kappa shape index (κ1) is 12.9. The van der Waals surface area contributed by atoms with Crippen molar-refractivity contribution >= 4 is 23.4 Å². The van der Waals surface area contributed by atoms with Crippen LogP contribution >= 0.6 is 0 Å². The normalized spacial score (nSPS) is 26.0. The average molecular weight is 251 g/mol. The molecule has 0 aromatic carbocycles. The molecule has 0 aromatic rings. The molecule has 1 aliphatic heterocycles. The van der Waals surface area contributed by atoms with Crippen LogP contribution in [-0.2, 0) is 19.2 Å². The summed E-state index contributed by atoms with van der Waals surface area (Å²) < 4.78 is 0. The van der Waals surface area contributed by atoms with E-state index in [4.69, 9.17) is 0 Å². The van der Waals surface area contributed by atoms with Crippen molar-refractivity contribution in [1.82, 2.24) is 5.32 Å². The summed E-state index contributed by atoms with van der Waals surface area (Å²) >= 11 is 0. The molecule has 5 heteroatoms. The van der Waals surface area contributed by atoms with Crippen LogP contribution in [-0.4, -0.2) is 23.4 Å². The van der Waals surface area contributed by atoms with Gasteiger partial charge in [-0.05, 0) is 18.8 Å². The number of nitrogens with one attached hydrogen (secondary N) is 1. The minimum Gasteiger partial charge on any atom is -0.299 e. The lowest BCUT2D eigenvalue weighted by Gasteiger charge is -2.24. The standard InChI is InChI=1S/C13H17NO4/c15-10-4-2-1-3-9(10)11(16)5-8-6-12(17)14-13(18)7-8/h8-9H,1-7H2,(H,14,17,18). The van der Waals surface area contributed by atoms with Gasteiger partial charge in [-0.15, -0.1) is 0 Å². The van der Waals surface area contributed by atoms with Crippen molar-refractivity contribution in [3.05, 3.63) is 0 Å². The number of ketones is 2. The summed E-state index contributed by atoms with van der Waals surface area (Å²) in [5, 5.41) is 2.21. The zero-order chi connectivity index (χ0) is 13.1. The Bertz CT molecular complexity index is 386. The second kappa shape index (κ2) is 5.42. The molecule has 0 aromatic heterocycles. The number of piperidine rings is 1. The van der Waals surface area contributed by atoms with Gasteiger partial charge in [0, 0.05) is 25.7 Å². The van der Waals surface area contributed by atoms with Gasteiger partial charge in [-0.2, -0.15) is 0 Å². The summed E-state index contributed by atoms with van der Waals surface area (Å²) in [7, 11) is 0. The molecule has 2 aliphatic rings. The van der Waals surface area contributed by atoms with E-state index in [9.17, 15) is 19.2 Å². The first-order valence-corrected chi connectivity index (χ1v) is 6.44. The molecule has 18 heavy (non-hydrogen) atoms. The lowest BCUT2D eigenvalue weighted by Crippen LogP contribution is -2.40. The monoisotopic (exact) mass is 251 g/mol. The maximum Gasteiger partial charge on any atom is 0.226 e. The van der Waals surface area contributed by atoms with E-state index in [-0.39, 0.29) is 48.6 Å². The molecular formula is C13H17NO4. The fourth-order valence-electron chi connectivity index (χ4n) is 2.75. The second-order valence-electron chi connectivity index (χ2n) is 5.18. The average Bonchev–Trinajstić information content (AvgIpc) is 2.27. The number of hydrogen-bond donors (Lipinski definition) is 1. The van der Waals surface area contributed by atoms with Crippen LogP contribution < -0.4 is 5.32 Å². The van der Waals surface area contributed by atoms with Crippen molar-refractivity contribution < 1.29 is 19.2 Å². The molecule has 1 aliphatic carbocycles. The van der Waals surface area contributed by atoms with Gasteiger partial charge >= 0.3 is 0 Å². The van der Waals surface area contributed by atoms with Crippen molar-refractivity contribution in [2.24, 2.45) is 11.8 Å². The zero-order valence-corrected chi connectivity index (χ0v) is 10.2. The Morgan fingerprint density at radius 1 is 1.11 bits per heavy atom. The smallest absolute Gasteiger partial charge is 0.226 e. The molecule has 1 N–H and O–H groups in total. The van der Waals surface area contributed by atoms with Gasteiger partial charge in [0.15, 0.2) is 0 Å². The van der Waals surface area contributed by atoms with Crippen LogP contribution in [0.15, 0.2) is 0 Å². The minimum atomic E-state index is -0.487. The maximum absolute atomic E-state index is 12.0. The third-order valence-corrected chi connectivity index (χ3v) is 3.66. The molecule has 98 valence electrons. The zero-order valence-electron chi connectivity index (χ0n) is 10.2. The van der Waals surface area contributed by atoms with Gasteiger partial charge in [0.05, 0.1) is 5.92 Å². The van der Waals surface area contributed by atoms with Gasteiger partial charge < -0.3 is 0 Å². The first-order chi connectivity index (χ1) is 8.56. The maximum atomic E-state index is 12.0. The molecular weight excluding hydrogens is 234 g/mol. The Labute approximate surface area is 105 Å². The highest BCUT2D eigenvalue weighted by molar-refractivity contribution is 6.03. The molecule has 5 nitrogen and oxygen atoms in total.